The first-order valence-electron chi connectivity index (χ1n) is 15.7. The first kappa shape index (κ1) is 34.0. The largest absolute Gasteiger partial charge is 0.487 e. The van der Waals surface area contributed by atoms with Crippen molar-refractivity contribution in [3.8, 4) is 5.75 Å². The second-order valence-electron chi connectivity index (χ2n) is 14.1. The van der Waals surface area contributed by atoms with Crippen molar-refractivity contribution in [1.82, 2.24) is 9.88 Å². The number of nitrogens with one attached hydrogen (secondary N) is 1. The molecule has 1 amide bonds. The van der Waals surface area contributed by atoms with E-state index < -0.39 is 20.0 Å². The molecule has 0 saturated carbocycles. The highest BCUT2D eigenvalue weighted by Gasteiger charge is 2.41. The molecule has 45 heavy (non-hydrogen) atoms. The summed E-state index contributed by atoms with van der Waals surface area (Å²) in [7, 11) is -2.34. The molecular weight excluding hydrogens is 581 g/mol. The number of aromatic nitrogens is 1. The summed E-state index contributed by atoms with van der Waals surface area (Å²) in [6.45, 7) is 17.8. The van der Waals surface area contributed by atoms with E-state index in [9.17, 15) is 9.59 Å². The Morgan fingerprint density at radius 3 is 2.07 bits per heavy atom. The number of ether oxygens (including phenoxy) is 2. The molecule has 3 aromatic carbocycles. The van der Waals surface area contributed by atoms with Crippen LogP contribution in [0.1, 0.15) is 64.3 Å². The van der Waals surface area contributed by atoms with E-state index in [1.54, 1.807) is 4.90 Å². The van der Waals surface area contributed by atoms with Gasteiger partial charge in [-0.3, -0.25) is 4.79 Å². The summed E-state index contributed by atoms with van der Waals surface area (Å²) >= 11 is 0. The van der Waals surface area contributed by atoms with Crippen LogP contribution in [0, 0.1) is 0 Å². The fraction of sp³-hybridized carbons (Fsp3) is 0.405. The molecule has 0 aliphatic carbocycles. The van der Waals surface area contributed by atoms with Crippen molar-refractivity contribution in [3.05, 3.63) is 112 Å². The molecule has 0 unspecified atom stereocenters. The maximum absolute atomic E-state index is 13.7. The lowest BCUT2D eigenvalue weighted by molar-refractivity contribution is 0.0160. The van der Waals surface area contributed by atoms with Crippen LogP contribution in [0.25, 0.3) is 10.9 Å². The minimum atomic E-state index is -2.34. The zero-order chi connectivity index (χ0) is 32.8. The number of nitrogens with zero attached hydrogens (tertiary/aromatic N) is 1. The molecule has 8 heteroatoms. The van der Waals surface area contributed by atoms with Gasteiger partial charge in [0.15, 0.2) is 8.32 Å². The smallest absolute Gasteiger partial charge is 0.410 e. The summed E-state index contributed by atoms with van der Waals surface area (Å²) in [4.78, 5) is 31.0. The van der Waals surface area contributed by atoms with E-state index in [-0.39, 0.29) is 23.2 Å². The number of pyridine rings is 1. The van der Waals surface area contributed by atoms with Crippen LogP contribution in [0.4, 0.5) is 4.79 Å². The number of hydrogen-bond donors (Lipinski definition) is 1. The van der Waals surface area contributed by atoms with Crippen LogP contribution in [-0.4, -0.2) is 43.0 Å². The van der Waals surface area contributed by atoms with Crippen LogP contribution >= 0.6 is 0 Å². The molecule has 4 aromatic rings. The van der Waals surface area contributed by atoms with Gasteiger partial charge in [-0.2, -0.15) is 0 Å². The molecule has 0 aliphatic heterocycles. The molecule has 4 rings (SSSR count). The second-order valence-corrected chi connectivity index (χ2v) is 18.8. The number of H-pyrrole nitrogens is 1. The van der Waals surface area contributed by atoms with Gasteiger partial charge in [-0.25, -0.2) is 4.79 Å². The van der Waals surface area contributed by atoms with Gasteiger partial charge in [0.25, 0.3) is 0 Å². The molecule has 0 radical (unpaired) electrons. The van der Waals surface area contributed by atoms with Crippen LogP contribution in [0.5, 0.6) is 5.75 Å². The maximum atomic E-state index is 13.7. The third-order valence-electron chi connectivity index (χ3n) is 8.27. The van der Waals surface area contributed by atoms with Crippen LogP contribution in [0.2, 0.25) is 18.1 Å². The topological polar surface area (TPSA) is 80.9 Å². The molecule has 1 N–H and O–H groups in total. The van der Waals surface area contributed by atoms with Gasteiger partial charge in [0.05, 0.1) is 18.2 Å². The SMILES string of the molecule is CC(C)(C)OC(=O)N(CCc1ccccc1)C[C@H](O[Si](C)(C)C(C)(C)C)c1ccc(OCc2ccccc2)c2[nH]c(=O)ccc12. The first-order chi connectivity index (χ1) is 21.1. The Kier molecular flexibility index (Phi) is 10.6. The van der Waals surface area contributed by atoms with E-state index in [1.807, 2.05) is 87.5 Å². The third-order valence-corrected chi connectivity index (χ3v) is 12.8. The predicted octanol–water partition coefficient (Wildman–Crippen LogP) is 8.65. The fourth-order valence-electron chi connectivity index (χ4n) is 4.81. The van der Waals surface area contributed by atoms with E-state index in [1.165, 1.54) is 6.07 Å². The van der Waals surface area contributed by atoms with Crippen molar-refractivity contribution in [2.24, 2.45) is 0 Å². The summed E-state index contributed by atoms with van der Waals surface area (Å²) in [6.07, 6.45) is -0.193. The van der Waals surface area contributed by atoms with Crippen molar-refractivity contribution in [2.75, 3.05) is 13.1 Å². The van der Waals surface area contributed by atoms with E-state index in [0.717, 1.165) is 22.1 Å². The van der Waals surface area contributed by atoms with E-state index in [4.69, 9.17) is 13.9 Å². The number of aromatic amines is 1. The molecule has 240 valence electrons. The molecule has 0 bridgehead atoms. The van der Waals surface area contributed by atoms with Crippen LogP contribution < -0.4 is 10.3 Å². The van der Waals surface area contributed by atoms with Crippen molar-refractivity contribution in [1.29, 1.82) is 0 Å². The van der Waals surface area contributed by atoms with Gasteiger partial charge < -0.3 is 23.8 Å². The van der Waals surface area contributed by atoms with Gasteiger partial charge in [-0.05, 0) is 74.1 Å². The van der Waals surface area contributed by atoms with Gasteiger partial charge in [0.2, 0.25) is 5.56 Å². The van der Waals surface area contributed by atoms with Crippen molar-refractivity contribution in [2.45, 2.75) is 84.4 Å². The number of carbonyl (C=O) groups excluding carboxylic acids is 1. The summed E-state index contributed by atoms with van der Waals surface area (Å²) in [5.41, 5.74) is 2.78. The monoisotopic (exact) mass is 628 g/mol. The summed E-state index contributed by atoms with van der Waals surface area (Å²) in [5.74, 6) is 0.578. The highest BCUT2D eigenvalue weighted by atomic mass is 28.4. The summed E-state index contributed by atoms with van der Waals surface area (Å²) < 4.78 is 19.2. The molecule has 1 atom stereocenters. The normalized spacial score (nSPS) is 13.0. The minimum absolute atomic E-state index is 0.0745. The molecule has 0 aliphatic rings. The average Bonchev–Trinajstić information content (AvgIpc) is 2.97. The van der Waals surface area contributed by atoms with E-state index in [0.29, 0.717) is 30.8 Å². The molecule has 0 saturated heterocycles. The number of benzene rings is 3. The number of fused-ring (bicyclic) bond motifs is 1. The van der Waals surface area contributed by atoms with Crippen molar-refractivity contribution in [3.63, 3.8) is 0 Å². The maximum Gasteiger partial charge on any atom is 0.410 e. The predicted molar refractivity (Wildman–Crippen MR) is 184 cm³/mol. The highest BCUT2D eigenvalue weighted by Crippen LogP contribution is 2.42. The molecule has 1 heterocycles. The Morgan fingerprint density at radius 2 is 1.47 bits per heavy atom. The quantitative estimate of drug-likeness (QED) is 0.168. The number of hydrogen-bond acceptors (Lipinski definition) is 5. The molecule has 7 nitrogen and oxygen atoms in total. The van der Waals surface area contributed by atoms with Gasteiger partial charge in [0, 0.05) is 18.0 Å². The Balaban J connectivity index is 1.76. The molecular formula is C37H48N2O5Si. The van der Waals surface area contributed by atoms with Crippen LogP contribution in [0.3, 0.4) is 0 Å². The Labute approximate surface area is 268 Å². The first-order valence-corrected chi connectivity index (χ1v) is 18.6. The van der Waals surface area contributed by atoms with E-state index >= 15 is 0 Å². The lowest BCUT2D eigenvalue weighted by Gasteiger charge is -2.41. The fourth-order valence-corrected chi connectivity index (χ4v) is 6.07. The zero-order valence-electron chi connectivity index (χ0n) is 28.0. The van der Waals surface area contributed by atoms with Gasteiger partial charge >= 0.3 is 6.09 Å². The lowest BCUT2D eigenvalue weighted by Crippen LogP contribution is -2.46. The Hall–Kier alpha value is -3.88. The number of carbonyl (C=O) groups is 1. The lowest BCUT2D eigenvalue weighted by atomic mass is 10.0. The highest BCUT2D eigenvalue weighted by molar-refractivity contribution is 6.74. The molecule has 1 aromatic heterocycles. The Morgan fingerprint density at radius 1 is 0.844 bits per heavy atom. The van der Waals surface area contributed by atoms with Gasteiger partial charge in [-0.15, -0.1) is 0 Å². The number of rotatable bonds is 11. The Bertz CT molecular complexity index is 1620. The van der Waals surface area contributed by atoms with Crippen molar-refractivity contribution >= 4 is 25.3 Å². The van der Waals surface area contributed by atoms with Crippen molar-refractivity contribution < 1.29 is 18.7 Å². The summed E-state index contributed by atoms with van der Waals surface area (Å²) in [5, 5.41) is 0.741. The van der Waals surface area contributed by atoms with Gasteiger partial charge in [-0.1, -0.05) is 87.5 Å². The van der Waals surface area contributed by atoms with Crippen LogP contribution in [0.15, 0.2) is 89.7 Å². The molecule has 0 spiro atoms. The standard InChI is InChI=1S/C37H48N2O5Si/c1-36(2,3)43-35(41)39(24-23-27-15-11-9-12-16-27)25-32(44-45(7,8)37(4,5)6)29-19-21-31(34-30(29)20-22-33(40)38-34)42-26-28-17-13-10-14-18-28/h9-22,32H,23-26H2,1-8H3,(H,38,40)/t32-/m0/s1. The van der Waals surface area contributed by atoms with Gasteiger partial charge in [0.1, 0.15) is 18.0 Å². The minimum Gasteiger partial charge on any atom is -0.487 e. The van der Waals surface area contributed by atoms with E-state index in [2.05, 4.69) is 51.0 Å². The second kappa shape index (κ2) is 14.0. The zero-order valence-corrected chi connectivity index (χ0v) is 29.0. The average molecular weight is 629 g/mol. The number of amides is 1. The molecule has 0 fully saturated rings. The summed E-state index contributed by atoms with van der Waals surface area (Å²) in [6, 6.07) is 27.3. The van der Waals surface area contributed by atoms with Crippen LogP contribution in [-0.2, 0) is 22.2 Å². The third kappa shape index (κ3) is 9.31.